The molecule has 0 aromatic heterocycles. The van der Waals surface area contributed by atoms with E-state index >= 15 is 0 Å². The number of benzene rings is 1. The van der Waals surface area contributed by atoms with Gasteiger partial charge in [-0.15, -0.1) is 0 Å². The molecule has 0 amide bonds. The van der Waals surface area contributed by atoms with Crippen LogP contribution in [-0.4, -0.2) is 25.3 Å². The van der Waals surface area contributed by atoms with Crippen molar-refractivity contribution in [1.29, 1.82) is 0 Å². The first-order chi connectivity index (χ1) is 7.36. The number of hydrogen-bond acceptors (Lipinski definition) is 3. The zero-order chi connectivity index (χ0) is 10.5. The van der Waals surface area contributed by atoms with Crippen molar-refractivity contribution < 1.29 is 14.3 Å². The Morgan fingerprint density at radius 3 is 2.73 bits per heavy atom. The van der Waals surface area contributed by atoms with Gasteiger partial charge >= 0.3 is 5.97 Å². The molecule has 1 atom stereocenters. The third-order valence-corrected chi connectivity index (χ3v) is 2.41. The Labute approximate surface area is 89.0 Å². The molecule has 1 aromatic carbocycles. The van der Waals surface area contributed by atoms with Crippen molar-refractivity contribution >= 4 is 5.97 Å². The Hall–Kier alpha value is -1.35. The van der Waals surface area contributed by atoms with Crippen molar-refractivity contribution in [2.75, 3.05) is 13.2 Å². The second-order valence-electron chi connectivity index (χ2n) is 3.58. The highest BCUT2D eigenvalue weighted by molar-refractivity contribution is 5.79. The first kappa shape index (κ1) is 10.2. The number of hydrogen-bond donors (Lipinski definition) is 0. The minimum atomic E-state index is -0.305. The summed E-state index contributed by atoms with van der Waals surface area (Å²) < 4.78 is 9.93. The molecule has 0 radical (unpaired) electrons. The fourth-order valence-electron chi connectivity index (χ4n) is 1.48. The molecule has 80 valence electrons. The average molecular weight is 206 g/mol. The minimum Gasteiger partial charge on any atom is -0.460 e. The topological polar surface area (TPSA) is 35.5 Å². The van der Waals surface area contributed by atoms with Crippen molar-refractivity contribution in [2.24, 2.45) is 0 Å². The lowest BCUT2D eigenvalue weighted by Crippen LogP contribution is -2.42. The third-order valence-electron chi connectivity index (χ3n) is 2.41. The maximum Gasteiger partial charge on any atom is 0.338 e. The molecule has 15 heavy (non-hydrogen) atoms. The van der Waals surface area contributed by atoms with E-state index in [0.29, 0.717) is 13.2 Å². The minimum absolute atomic E-state index is 0.227. The zero-order valence-electron chi connectivity index (χ0n) is 8.52. The van der Waals surface area contributed by atoms with E-state index in [1.807, 2.05) is 18.2 Å². The Morgan fingerprint density at radius 2 is 2.13 bits per heavy atom. The van der Waals surface area contributed by atoms with Crippen LogP contribution in [0, 0.1) is 0 Å². The maximum atomic E-state index is 10.7. The van der Waals surface area contributed by atoms with Gasteiger partial charge in [-0.1, -0.05) is 30.3 Å². The van der Waals surface area contributed by atoms with Crippen LogP contribution in [0.3, 0.4) is 0 Å². The van der Waals surface area contributed by atoms with Crippen LogP contribution in [0.1, 0.15) is 12.0 Å². The summed E-state index contributed by atoms with van der Waals surface area (Å²) in [4.78, 5) is 10.7. The predicted octanol–water partition coefficient (Wildman–Crippen LogP) is 1.56. The lowest BCUT2D eigenvalue weighted by molar-refractivity contribution is -0.185. The summed E-state index contributed by atoms with van der Waals surface area (Å²) in [6.45, 7) is 1.04. The Kier molecular flexibility index (Phi) is 3.35. The van der Waals surface area contributed by atoms with Crippen molar-refractivity contribution in [1.82, 2.24) is 0 Å². The Bertz CT molecular complexity index is 321. The number of carbonyl (C=O) groups is 1. The van der Waals surface area contributed by atoms with Gasteiger partial charge in [0, 0.05) is 6.61 Å². The highest BCUT2D eigenvalue weighted by atomic mass is 16.6. The predicted molar refractivity (Wildman–Crippen MR) is 55.5 cm³/mol. The summed E-state index contributed by atoms with van der Waals surface area (Å²) in [6, 6.07) is 10.2. The monoisotopic (exact) mass is 206 g/mol. The van der Waals surface area contributed by atoms with E-state index in [0.717, 1.165) is 12.8 Å². The van der Waals surface area contributed by atoms with E-state index in [1.54, 1.807) is 0 Å². The van der Waals surface area contributed by atoms with Crippen molar-refractivity contribution in [3.8, 4) is 0 Å². The van der Waals surface area contributed by atoms with Gasteiger partial charge in [0.1, 0.15) is 6.61 Å². The van der Waals surface area contributed by atoms with Gasteiger partial charge in [0.2, 0.25) is 0 Å². The molecule has 0 bridgehead atoms. The molecule has 1 saturated heterocycles. The van der Waals surface area contributed by atoms with Crippen LogP contribution in [0.2, 0.25) is 0 Å². The summed E-state index contributed by atoms with van der Waals surface area (Å²) in [7, 11) is 0. The van der Waals surface area contributed by atoms with E-state index in [4.69, 9.17) is 4.74 Å². The molecule has 0 unspecified atom stereocenters. The second-order valence-corrected chi connectivity index (χ2v) is 3.58. The van der Waals surface area contributed by atoms with Crippen LogP contribution < -0.4 is 0 Å². The number of esters is 1. The number of rotatable bonds is 5. The zero-order valence-corrected chi connectivity index (χ0v) is 8.52. The third kappa shape index (κ3) is 2.80. The number of ether oxygens (including phenoxy) is 2. The summed E-state index contributed by atoms with van der Waals surface area (Å²) in [5.74, 6) is -0.227. The fraction of sp³-hybridized carbons (Fsp3) is 0.417. The fourth-order valence-corrected chi connectivity index (χ4v) is 1.48. The largest absolute Gasteiger partial charge is 0.460 e. The van der Waals surface area contributed by atoms with Gasteiger partial charge in [-0.05, 0) is 18.4 Å². The molecule has 0 spiro atoms. The highest BCUT2D eigenvalue weighted by Gasteiger charge is 2.31. The van der Waals surface area contributed by atoms with E-state index in [9.17, 15) is 4.79 Å². The van der Waals surface area contributed by atoms with Gasteiger partial charge in [0.25, 0.3) is 0 Å². The molecule has 0 saturated carbocycles. The number of carbonyl (C=O) groups excluding carboxylic acids is 1. The molecule has 1 aromatic rings. The highest BCUT2D eigenvalue weighted by Crippen LogP contribution is 2.09. The van der Waals surface area contributed by atoms with Crippen LogP contribution in [0.25, 0.3) is 0 Å². The number of cyclic esters (lactones) is 1. The Balaban J connectivity index is 1.61. The molecule has 2 rings (SSSR count). The first-order valence-corrected chi connectivity index (χ1v) is 5.18. The SMILES string of the molecule is O=C1OC[C@H]1OCCCc1ccccc1. The van der Waals surface area contributed by atoms with E-state index in [-0.39, 0.29) is 12.1 Å². The van der Waals surface area contributed by atoms with Gasteiger partial charge in [-0.2, -0.15) is 0 Å². The molecule has 3 heteroatoms. The molecule has 1 aliphatic rings. The summed E-state index contributed by atoms with van der Waals surface area (Å²) in [5.41, 5.74) is 1.30. The van der Waals surface area contributed by atoms with Crippen molar-refractivity contribution in [3.63, 3.8) is 0 Å². The van der Waals surface area contributed by atoms with E-state index in [1.165, 1.54) is 5.56 Å². The van der Waals surface area contributed by atoms with Gasteiger partial charge in [0.15, 0.2) is 6.10 Å². The lowest BCUT2D eigenvalue weighted by Gasteiger charge is -2.24. The van der Waals surface area contributed by atoms with Crippen LogP contribution in [0.5, 0.6) is 0 Å². The molecular weight excluding hydrogens is 192 g/mol. The molecule has 1 heterocycles. The van der Waals surface area contributed by atoms with Crippen LogP contribution in [-0.2, 0) is 20.7 Å². The van der Waals surface area contributed by atoms with Crippen LogP contribution >= 0.6 is 0 Å². The quantitative estimate of drug-likeness (QED) is 0.541. The molecule has 0 aliphatic carbocycles. The van der Waals surface area contributed by atoms with Gasteiger partial charge in [-0.3, -0.25) is 0 Å². The average Bonchev–Trinajstić information content (AvgIpc) is 2.28. The molecule has 1 fully saturated rings. The van der Waals surface area contributed by atoms with Gasteiger partial charge < -0.3 is 9.47 Å². The molecule has 0 N–H and O–H groups in total. The Morgan fingerprint density at radius 1 is 1.33 bits per heavy atom. The second kappa shape index (κ2) is 4.94. The summed E-state index contributed by atoms with van der Waals surface area (Å²) >= 11 is 0. The van der Waals surface area contributed by atoms with E-state index in [2.05, 4.69) is 16.9 Å². The van der Waals surface area contributed by atoms with E-state index < -0.39 is 0 Å². The molecule has 1 aliphatic heterocycles. The molecule has 3 nitrogen and oxygen atoms in total. The standard InChI is InChI=1S/C12H14O3/c13-12-11(9-15-12)14-8-4-7-10-5-2-1-3-6-10/h1-3,5-6,11H,4,7-9H2/t11-/m1/s1. The van der Waals surface area contributed by atoms with Crippen LogP contribution in [0.15, 0.2) is 30.3 Å². The van der Waals surface area contributed by atoms with Gasteiger partial charge in [-0.25, -0.2) is 4.79 Å². The normalized spacial score (nSPS) is 19.5. The summed E-state index contributed by atoms with van der Waals surface area (Å²) in [5, 5.41) is 0. The first-order valence-electron chi connectivity index (χ1n) is 5.18. The smallest absolute Gasteiger partial charge is 0.338 e. The van der Waals surface area contributed by atoms with Crippen molar-refractivity contribution in [3.05, 3.63) is 35.9 Å². The lowest BCUT2D eigenvalue weighted by atomic mass is 10.1. The summed E-state index contributed by atoms with van der Waals surface area (Å²) in [6.07, 6.45) is 1.62. The van der Waals surface area contributed by atoms with Crippen molar-refractivity contribution in [2.45, 2.75) is 18.9 Å². The molecular formula is C12H14O3. The van der Waals surface area contributed by atoms with Crippen LogP contribution in [0.4, 0.5) is 0 Å². The van der Waals surface area contributed by atoms with Gasteiger partial charge in [0.05, 0.1) is 0 Å². The number of aryl methyl sites for hydroxylation is 1. The maximum absolute atomic E-state index is 10.7.